The number of aromatic nitrogens is 2. The van der Waals surface area contributed by atoms with Gasteiger partial charge in [0.05, 0.1) is 5.39 Å². The van der Waals surface area contributed by atoms with Crippen molar-refractivity contribution in [2.75, 3.05) is 11.9 Å². The summed E-state index contributed by atoms with van der Waals surface area (Å²) in [5.74, 6) is 1.06. The second-order valence-electron chi connectivity index (χ2n) is 5.82. The van der Waals surface area contributed by atoms with E-state index in [-0.39, 0.29) is 12.4 Å². The molecule has 0 aliphatic rings. The number of aliphatic hydroxyl groups is 1. The van der Waals surface area contributed by atoms with Gasteiger partial charge in [-0.05, 0) is 38.5 Å². The molecule has 0 amide bonds. The van der Waals surface area contributed by atoms with Gasteiger partial charge in [-0.3, -0.25) is 0 Å². The van der Waals surface area contributed by atoms with Crippen LogP contribution in [0.2, 0.25) is 0 Å². The highest BCUT2D eigenvalue weighted by atomic mass is 19.1. The highest BCUT2D eigenvalue weighted by molar-refractivity contribution is 5.89. The average molecular weight is 315 g/mol. The number of rotatable bonds is 4. The zero-order valence-corrected chi connectivity index (χ0v) is 13.2. The lowest BCUT2D eigenvalue weighted by Crippen LogP contribution is -2.31. The second-order valence-corrected chi connectivity index (χ2v) is 5.82. The fourth-order valence-corrected chi connectivity index (χ4v) is 2.48. The van der Waals surface area contributed by atoms with Crippen LogP contribution in [0, 0.1) is 19.7 Å². The van der Waals surface area contributed by atoms with Crippen molar-refractivity contribution in [3.8, 4) is 0 Å². The molecule has 0 fully saturated rings. The molecular formula is C17H18FN3O2. The monoisotopic (exact) mass is 315 g/mol. The van der Waals surface area contributed by atoms with Gasteiger partial charge < -0.3 is 14.8 Å². The minimum Gasteiger partial charge on any atom is -0.443 e. The maximum atomic E-state index is 13.0. The third kappa shape index (κ3) is 2.90. The van der Waals surface area contributed by atoms with E-state index in [1.807, 2.05) is 13.8 Å². The van der Waals surface area contributed by atoms with Gasteiger partial charge >= 0.3 is 0 Å². The number of nitrogens with zero attached hydrogens (tertiary/aromatic N) is 2. The fourth-order valence-electron chi connectivity index (χ4n) is 2.48. The summed E-state index contributed by atoms with van der Waals surface area (Å²) in [4.78, 5) is 8.35. The van der Waals surface area contributed by atoms with Gasteiger partial charge in [0.2, 0.25) is 5.71 Å². The number of hydrogen-bond acceptors (Lipinski definition) is 5. The van der Waals surface area contributed by atoms with Gasteiger partial charge in [0.1, 0.15) is 29.3 Å². The maximum Gasteiger partial charge on any atom is 0.231 e. The molecule has 2 N–H and O–H groups in total. The Labute approximate surface area is 133 Å². The molecule has 3 rings (SSSR count). The molecule has 1 atom stereocenters. The molecular weight excluding hydrogens is 297 g/mol. The first kappa shape index (κ1) is 15.4. The quantitative estimate of drug-likeness (QED) is 0.773. The first-order valence-electron chi connectivity index (χ1n) is 7.31. The third-order valence-electron chi connectivity index (χ3n) is 4.03. The zero-order chi connectivity index (χ0) is 16.6. The standard InChI is InChI=1S/C17H18FN3O2/c1-10-11(2)23-16-14(10)15(20-9-21-16)19-8-17(3,22)12-4-6-13(18)7-5-12/h4-7,9,22H,8H2,1-3H3,(H,19,20,21). The summed E-state index contributed by atoms with van der Waals surface area (Å²) in [5, 5.41) is 14.6. The predicted octanol–water partition coefficient (Wildman–Crippen LogP) is 3.30. The van der Waals surface area contributed by atoms with Crippen LogP contribution in [0.3, 0.4) is 0 Å². The summed E-state index contributed by atoms with van der Waals surface area (Å²) < 4.78 is 18.6. The second kappa shape index (κ2) is 5.62. The van der Waals surface area contributed by atoms with Crippen LogP contribution < -0.4 is 5.32 Å². The van der Waals surface area contributed by atoms with E-state index in [4.69, 9.17) is 4.42 Å². The van der Waals surface area contributed by atoms with E-state index in [9.17, 15) is 9.50 Å². The third-order valence-corrected chi connectivity index (χ3v) is 4.03. The van der Waals surface area contributed by atoms with Gasteiger partial charge in [0, 0.05) is 12.1 Å². The van der Waals surface area contributed by atoms with Gasteiger partial charge in [-0.15, -0.1) is 0 Å². The van der Waals surface area contributed by atoms with E-state index in [1.54, 1.807) is 19.1 Å². The molecule has 0 saturated carbocycles. The van der Waals surface area contributed by atoms with Crippen molar-refractivity contribution >= 4 is 16.9 Å². The SMILES string of the molecule is Cc1oc2ncnc(NCC(C)(O)c3ccc(F)cc3)c2c1C. The van der Waals surface area contributed by atoms with Gasteiger partial charge in [-0.2, -0.15) is 0 Å². The molecule has 2 heterocycles. The van der Waals surface area contributed by atoms with Crippen LogP contribution in [0.4, 0.5) is 10.2 Å². The van der Waals surface area contributed by atoms with E-state index in [1.165, 1.54) is 18.5 Å². The van der Waals surface area contributed by atoms with Gasteiger partial charge in [0.15, 0.2) is 0 Å². The molecule has 0 bridgehead atoms. The van der Waals surface area contributed by atoms with Crippen molar-refractivity contribution in [1.29, 1.82) is 0 Å². The smallest absolute Gasteiger partial charge is 0.231 e. The van der Waals surface area contributed by atoms with Crippen LogP contribution in [0.5, 0.6) is 0 Å². The molecule has 3 aromatic rings. The number of anilines is 1. The lowest BCUT2D eigenvalue weighted by atomic mass is 9.96. The number of aryl methyl sites for hydroxylation is 2. The van der Waals surface area contributed by atoms with E-state index >= 15 is 0 Å². The number of furan rings is 1. The van der Waals surface area contributed by atoms with E-state index in [0.29, 0.717) is 17.1 Å². The van der Waals surface area contributed by atoms with Crippen molar-refractivity contribution in [3.05, 3.63) is 53.3 Å². The Balaban J connectivity index is 1.87. The number of fused-ring (bicyclic) bond motifs is 1. The molecule has 120 valence electrons. The normalized spacial score (nSPS) is 14.0. The molecule has 6 heteroatoms. The van der Waals surface area contributed by atoms with Crippen molar-refractivity contribution in [1.82, 2.24) is 9.97 Å². The van der Waals surface area contributed by atoms with Crippen LogP contribution >= 0.6 is 0 Å². The molecule has 0 spiro atoms. The molecule has 0 radical (unpaired) electrons. The number of benzene rings is 1. The molecule has 0 aliphatic heterocycles. The van der Waals surface area contributed by atoms with Crippen LogP contribution in [0.15, 0.2) is 35.0 Å². The van der Waals surface area contributed by atoms with E-state index in [0.717, 1.165) is 16.7 Å². The van der Waals surface area contributed by atoms with Crippen molar-refractivity contribution in [2.45, 2.75) is 26.4 Å². The van der Waals surface area contributed by atoms with E-state index in [2.05, 4.69) is 15.3 Å². The highest BCUT2D eigenvalue weighted by Gasteiger charge is 2.24. The number of halogens is 1. The summed E-state index contributed by atoms with van der Waals surface area (Å²) in [5.41, 5.74) is 0.928. The number of hydrogen-bond donors (Lipinski definition) is 2. The topological polar surface area (TPSA) is 71.2 Å². The van der Waals surface area contributed by atoms with Crippen molar-refractivity contribution in [3.63, 3.8) is 0 Å². The van der Waals surface area contributed by atoms with Crippen LogP contribution in [0.25, 0.3) is 11.1 Å². The highest BCUT2D eigenvalue weighted by Crippen LogP contribution is 2.29. The average Bonchev–Trinajstić information content (AvgIpc) is 2.81. The van der Waals surface area contributed by atoms with Gasteiger partial charge in [-0.25, -0.2) is 14.4 Å². The minimum absolute atomic E-state index is 0.217. The molecule has 0 saturated heterocycles. The van der Waals surface area contributed by atoms with Crippen LogP contribution in [-0.4, -0.2) is 21.6 Å². The van der Waals surface area contributed by atoms with Crippen LogP contribution in [-0.2, 0) is 5.60 Å². The van der Waals surface area contributed by atoms with Crippen molar-refractivity contribution < 1.29 is 13.9 Å². The molecule has 1 unspecified atom stereocenters. The Morgan fingerprint density at radius 3 is 2.61 bits per heavy atom. The number of nitrogens with one attached hydrogen (secondary N) is 1. The molecule has 1 aromatic carbocycles. The van der Waals surface area contributed by atoms with E-state index < -0.39 is 5.60 Å². The summed E-state index contributed by atoms with van der Waals surface area (Å²) >= 11 is 0. The predicted molar refractivity (Wildman–Crippen MR) is 85.7 cm³/mol. The fraction of sp³-hybridized carbons (Fsp3) is 0.294. The summed E-state index contributed by atoms with van der Waals surface area (Å²) in [7, 11) is 0. The molecule has 2 aromatic heterocycles. The first-order chi connectivity index (χ1) is 10.9. The molecule has 23 heavy (non-hydrogen) atoms. The van der Waals surface area contributed by atoms with Gasteiger partial charge in [-0.1, -0.05) is 12.1 Å². The molecule has 0 aliphatic carbocycles. The Kier molecular flexibility index (Phi) is 3.77. The zero-order valence-electron chi connectivity index (χ0n) is 13.2. The minimum atomic E-state index is -1.17. The van der Waals surface area contributed by atoms with Crippen molar-refractivity contribution in [2.24, 2.45) is 0 Å². The summed E-state index contributed by atoms with van der Waals surface area (Å²) in [6, 6.07) is 5.80. The van der Waals surface area contributed by atoms with Crippen LogP contribution in [0.1, 0.15) is 23.8 Å². The largest absolute Gasteiger partial charge is 0.443 e. The lowest BCUT2D eigenvalue weighted by molar-refractivity contribution is 0.0714. The Bertz CT molecular complexity index is 841. The Morgan fingerprint density at radius 1 is 1.22 bits per heavy atom. The Morgan fingerprint density at radius 2 is 1.91 bits per heavy atom. The summed E-state index contributed by atoms with van der Waals surface area (Å²) in [6.45, 7) is 5.69. The van der Waals surface area contributed by atoms with Gasteiger partial charge in [0.25, 0.3) is 0 Å². The first-order valence-corrected chi connectivity index (χ1v) is 7.31. The Hall–Kier alpha value is -2.47. The summed E-state index contributed by atoms with van der Waals surface area (Å²) in [6.07, 6.45) is 1.42. The molecule has 5 nitrogen and oxygen atoms in total. The maximum absolute atomic E-state index is 13.0. The lowest BCUT2D eigenvalue weighted by Gasteiger charge is -2.24.